The van der Waals surface area contributed by atoms with Crippen molar-refractivity contribution in [3.05, 3.63) is 27.8 Å². The van der Waals surface area contributed by atoms with E-state index in [0.29, 0.717) is 0 Å². The molecule has 0 amide bonds. The lowest BCUT2D eigenvalue weighted by molar-refractivity contribution is -0.141. The van der Waals surface area contributed by atoms with Crippen LogP contribution in [0, 0.1) is 6.92 Å². The van der Waals surface area contributed by atoms with Crippen LogP contribution in [0.15, 0.2) is 10.9 Å². The second-order valence-corrected chi connectivity index (χ2v) is 7.58. The third-order valence-electron chi connectivity index (χ3n) is 3.50. The number of nitrogens with one attached hydrogen (secondary N) is 1. The number of aromatic nitrogens is 2. The average molecular weight is 357 g/mol. The Balaban J connectivity index is 2.50. The van der Waals surface area contributed by atoms with Crippen LogP contribution in [-0.2, 0) is 33.7 Å². The number of alkyl halides is 3. The summed E-state index contributed by atoms with van der Waals surface area (Å²) >= 11 is 0. The van der Waals surface area contributed by atoms with Crippen molar-refractivity contribution in [1.29, 1.82) is 0 Å². The Hall–Kier alpha value is -1.62. The molecule has 1 aliphatic rings. The first kappa shape index (κ1) is 17.7. The minimum Gasteiger partial charge on any atom is -0.272 e. The summed E-state index contributed by atoms with van der Waals surface area (Å²) in [6, 6.07) is 0. The van der Waals surface area contributed by atoms with E-state index in [-0.39, 0.29) is 5.69 Å². The van der Waals surface area contributed by atoms with E-state index in [1.54, 1.807) is 0 Å². The highest BCUT2D eigenvalue weighted by atomic mass is 32.2. The zero-order valence-electron chi connectivity index (χ0n) is 12.7. The van der Waals surface area contributed by atoms with Crippen LogP contribution < -0.4 is 5.48 Å². The summed E-state index contributed by atoms with van der Waals surface area (Å²) in [4.78, 5) is 4.80. The van der Waals surface area contributed by atoms with Gasteiger partial charge in [-0.1, -0.05) is 0 Å². The highest BCUT2D eigenvalue weighted by Crippen LogP contribution is 2.36. The number of aryl methyl sites for hydroxylation is 1. The minimum absolute atomic E-state index is 0.0279. The predicted octanol–water partition coefficient (Wildman–Crippen LogP) is 2.11. The van der Waals surface area contributed by atoms with Gasteiger partial charge in [-0.3, -0.25) is 15.0 Å². The van der Waals surface area contributed by atoms with Crippen molar-refractivity contribution < 1.29 is 30.8 Å². The van der Waals surface area contributed by atoms with Crippen LogP contribution in [0.25, 0.3) is 0 Å². The Morgan fingerprint density at radius 2 is 1.91 bits per heavy atom. The maximum Gasteiger partial charge on any atom is 0.435 e. The molecule has 0 saturated carbocycles. The highest BCUT2D eigenvalue weighted by molar-refractivity contribution is 7.94. The molecule has 1 aromatic rings. The Morgan fingerprint density at radius 3 is 2.35 bits per heavy atom. The standard InChI is InChI=1S/C12H15F4N3O3S/c1-6-7(9(12(14,15)16)17-19(6)4)5-23(20,21)10-8(13)11(2,3)22-18-10/h18H,5H2,1-4H3. The fraction of sp³-hybridized carbons (Fsp3) is 0.583. The van der Waals surface area contributed by atoms with Gasteiger partial charge in [-0.2, -0.15) is 18.3 Å². The van der Waals surface area contributed by atoms with E-state index in [1.807, 2.05) is 5.48 Å². The summed E-state index contributed by atoms with van der Waals surface area (Å²) < 4.78 is 78.6. The van der Waals surface area contributed by atoms with Gasteiger partial charge < -0.3 is 0 Å². The van der Waals surface area contributed by atoms with E-state index in [2.05, 4.69) is 5.10 Å². The van der Waals surface area contributed by atoms with Crippen LogP contribution in [0.3, 0.4) is 0 Å². The number of sulfone groups is 1. The zero-order chi connectivity index (χ0) is 17.8. The van der Waals surface area contributed by atoms with Gasteiger partial charge in [-0.25, -0.2) is 12.8 Å². The average Bonchev–Trinajstić information content (AvgIpc) is 2.80. The van der Waals surface area contributed by atoms with Crippen LogP contribution in [0.5, 0.6) is 0 Å². The van der Waals surface area contributed by atoms with Crippen molar-refractivity contribution >= 4 is 9.84 Å². The summed E-state index contributed by atoms with van der Waals surface area (Å²) in [7, 11) is -3.15. The van der Waals surface area contributed by atoms with E-state index in [1.165, 1.54) is 27.8 Å². The first-order valence-corrected chi connectivity index (χ1v) is 8.09. The molecule has 2 heterocycles. The third-order valence-corrected chi connectivity index (χ3v) is 5.05. The largest absolute Gasteiger partial charge is 0.435 e. The van der Waals surface area contributed by atoms with E-state index in [0.717, 1.165) is 4.68 Å². The molecule has 11 heteroatoms. The lowest BCUT2D eigenvalue weighted by atomic mass is 10.1. The Morgan fingerprint density at radius 1 is 1.35 bits per heavy atom. The van der Waals surface area contributed by atoms with E-state index in [4.69, 9.17) is 4.84 Å². The van der Waals surface area contributed by atoms with Crippen molar-refractivity contribution in [3.63, 3.8) is 0 Å². The first-order chi connectivity index (χ1) is 10.3. The molecule has 6 nitrogen and oxygen atoms in total. The van der Waals surface area contributed by atoms with Gasteiger partial charge >= 0.3 is 6.18 Å². The molecule has 0 spiro atoms. The number of halogens is 4. The van der Waals surface area contributed by atoms with Gasteiger partial charge in [-0.15, -0.1) is 0 Å². The fourth-order valence-corrected chi connectivity index (χ4v) is 3.61. The lowest BCUT2D eigenvalue weighted by Gasteiger charge is -2.12. The molecule has 0 aliphatic carbocycles. The van der Waals surface area contributed by atoms with Crippen molar-refractivity contribution in [2.75, 3.05) is 0 Å². The molecule has 23 heavy (non-hydrogen) atoms. The van der Waals surface area contributed by atoms with Crippen molar-refractivity contribution in [1.82, 2.24) is 15.3 Å². The molecule has 0 fully saturated rings. The molecule has 1 N–H and O–H groups in total. The summed E-state index contributed by atoms with van der Waals surface area (Å²) in [6.07, 6.45) is -4.82. The molecule has 1 aliphatic heterocycles. The van der Waals surface area contributed by atoms with Crippen LogP contribution in [-0.4, -0.2) is 23.8 Å². The normalized spacial score (nSPS) is 18.4. The molecule has 0 unspecified atom stereocenters. The van der Waals surface area contributed by atoms with Crippen molar-refractivity contribution in [3.8, 4) is 0 Å². The maximum absolute atomic E-state index is 14.1. The summed E-state index contributed by atoms with van der Waals surface area (Å²) in [6.45, 7) is 3.88. The molecular weight excluding hydrogens is 342 g/mol. The second-order valence-electron chi connectivity index (χ2n) is 5.65. The Labute approximate surface area is 130 Å². The molecule has 2 rings (SSSR count). The number of hydrogen-bond acceptors (Lipinski definition) is 5. The zero-order valence-corrected chi connectivity index (χ0v) is 13.6. The topological polar surface area (TPSA) is 73.2 Å². The van der Waals surface area contributed by atoms with Crippen LogP contribution in [0.2, 0.25) is 0 Å². The molecule has 0 aromatic carbocycles. The Bertz CT molecular complexity index is 778. The van der Waals surface area contributed by atoms with Crippen LogP contribution >= 0.6 is 0 Å². The number of hydrogen-bond donors (Lipinski definition) is 1. The first-order valence-electron chi connectivity index (χ1n) is 6.44. The Kier molecular flexibility index (Phi) is 4.01. The van der Waals surface area contributed by atoms with Crippen LogP contribution in [0.1, 0.15) is 30.8 Å². The third kappa shape index (κ3) is 3.07. The van der Waals surface area contributed by atoms with Gasteiger partial charge in [-0.05, 0) is 20.8 Å². The molecule has 130 valence electrons. The second kappa shape index (κ2) is 5.20. The molecule has 0 radical (unpaired) electrons. The predicted molar refractivity (Wildman–Crippen MR) is 72.0 cm³/mol. The summed E-state index contributed by atoms with van der Waals surface area (Å²) in [5.41, 5.74) is -1.36. The summed E-state index contributed by atoms with van der Waals surface area (Å²) in [5.74, 6) is -2.14. The number of rotatable bonds is 3. The van der Waals surface area contributed by atoms with Gasteiger partial charge in [0.1, 0.15) is 5.60 Å². The van der Waals surface area contributed by atoms with E-state index >= 15 is 0 Å². The van der Waals surface area contributed by atoms with E-state index in [9.17, 15) is 26.0 Å². The van der Waals surface area contributed by atoms with E-state index < -0.39 is 49.5 Å². The van der Waals surface area contributed by atoms with Gasteiger partial charge in [0.25, 0.3) is 0 Å². The maximum atomic E-state index is 14.1. The molecular formula is C12H15F4N3O3S. The molecule has 0 saturated heterocycles. The highest BCUT2D eigenvalue weighted by Gasteiger charge is 2.43. The van der Waals surface area contributed by atoms with Gasteiger partial charge in [0.15, 0.2) is 16.5 Å². The quantitative estimate of drug-likeness (QED) is 0.839. The molecule has 0 atom stereocenters. The molecule has 1 aromatic heterocycles. The van der Waals surface area contributed by atoms with Crippen molar-refractivity contribution in [2.24, 2.45) is 7.05 Å². The summed E-state index contributed by atoms with van der Waals surface area (Å²) in [5, 5.41) is 2.44. The van der Waals surface area contributed by atoms with Gasteiger partial charge in [0.05, 0.1) is 5.75 Å². The van der Waals surface area contributed by atoms with Gasteiger partial charge in [0, 0.05) is 18.3 Å². The molecule has 0 bridgehead atoms. The van der Waals surface area contributed by atoms with Crippen LogP contribution in [0.4, 0.5) is 17.6 Å². The van der Waals surface area contributed by atoms with Crippen molar-refractivity contribution in [2.45, 2.75) is 38.3 Å². The lowest BCUT2D eigenvalue weighted by Crippen LogP contribution is -2.23. The number of hydroxylamine groups is 1. The SMILES string of the molecule is Cc1c(CS(=O)(=O)C2=C(F)C(C)(C)ON2)c(C(F)(F)F)nn1C. The van der Waals surface area contributed by atoms with Gasteiger partial charge in [0.2, 0.25) is 9.84 Å². The monoisotopic (exact) mass is 357 g/mol. The smallest absolute Gasteiger partial charge is 0.272 e. The number of nitrogens with zero attached hydrogens (tertiary/aromatic N) is 2. The fourth-order valence-electron chi connectivity index (χ4n) is 2.05. The minimum atomic E-state index is -4.82.